The summed E-state index contributed by atoms with van der Waals surface area (Å²) in [5.41, 5.74) is 0.631. The zero-order valence-corrected chi connectivity index (χ0v) is 9.67. The van der Waals surface area contributed by atoms with Gasteiger partial charge in [-0.1, -0.05) is 6.07 Å². The number of alkyl halides is 1. The molecule has 0 atom stereocenters. The minimum atomic E-state index is -0.0850. The van der Waals surface area contributed by atoms with Crippen molar-refractivity contribution in [3.05, 3.63) is 27.3 Å². The third kappa shape index (κ3) is 3.15. The minimum absolute atomic E-state index is 0.00851. The SMILES string of the molecule is O=C(CCl)Cc1ccc(I)cc1O. The molecule has 0 amide bonds. The number of aromatic hydroxyl groups is 1. The van der Waals surface area contributed by atoms with Crippen LogP contribution in [0.3, 0.4) is 0 Å². The Morgan fingerprint density at radius 1 is 1.54 bits per heavy atom. The van der Waals surface area contributed by atoms with Gasteiger partial charge in [-0.2, -0.15) is 0 Å². The minimum Gasteiger partial charge on any atom is -0.508 e. The van der Waals surface area contributed by atoms with Crippen molar-refractivity contribution in [1.29, 1.82) is 0 Å². The summed E-state index contributed by atoms with van der Waals surface area (Å²) in [6.07, 6.45) is 0.201. The van der Waals surface area contributed by atoms with E-state index >= 15 is 0 Å². The van der Waals surface area contributed by atoms with Crippen LogP contribution >= 0.6 is 34.2 Å². The highest BCUT2D eigenvalue weighted by Gasteiger charge is 2.06. The second-order valence-electron chi connectivity index (χ2n) is 2.62. The Morgan fingerprint density at radius 2 is 2.23 bits per heavy atom. The molecule has 0 aliphatic rings. The molecular weight excluding hydrogens is 302 g/mol. The fourth-order valence-corrected chi connectivity index (χ4v) is 1.52. The molecule has 0 spiro atoms. The molecule has 1 N–H and O–H groups in total. The number of phenolic OH excluding ortho intramolecular Hbond substituents is 1. The Kier molecular flexibility index (Phi) is 3.99. The molecule has 1 rings (SSSR count). The van der Waals surface area contributed by atoms with Gasteiger partial charge in [0.1, 0.15) is 5.75 Å². The molecule has 1 aromatic carbocycles. The number of phenols is 1. The molecule has 0 fully saturated rings. The van der Waals surface area contributed by atoms with Crippen LogP contribution < -0.4 is 0 Å². The van der Waals surface area contributed by atoms with Gasteiger partial charge in [-0.05, 0) is 34.7 Å². The van der Waals surface area contributed by atoms with Gasteiger partial charge in [0.25, 0.3) is 0 Å². The topological polar surface area (TPSA) is 37.3 Å². The first-order valence-electron chi connectivity index (χ1n) is 3.68. The molecule has 70 valence electrons. The van der Waals surface area contributed by atoms with E-state index in [1.807, 2.05) is 6.07 Å². The monoisotopic (exact) mass is 310 g/mol. The second-order valence-corrected chi connectivity index (χ2v) is 4.14. The Labute approximate surface area is 95.0 Å². The van der Waals surface area contributed by atoms with Crippen molar-refractivity contribution in [3.8, 4) is 5.75 Å². The van der Waals surface area contributed by atoms with E-state index in [2.05, 4.69) is 22.6 Å². The predicted molar refractivity (Wildman–Crippen MR) is 60.3 cm³/mol. The Bertz CT molecular complexity index is 325. The van der Waals surface area contributed by atoms with Crippen LogP contribution in [0.4, 0.5) is 0 Å². The van der Waals surface area contributed by atoms with E-state index in [4.69, 9.17) is 11.6 Å². The van der Waals surface area contributed by atoms with Gasteiger partial charge in [0.2, 0.25) is 0 Å². The van der Waals surface area contributed by atoms with Gasteiger partial charge in [-0.3, -0.25) is 4.79 Å². The van der Waals surface area contributed by atoms with Crippen LogP contribution in [-0.2, 0) is 11.2 Å². The molecule has 0 aromatic heterocycles. The highest BCUT2D eigenvalue weighted by atomic mass is 127. The third-order valence-corrected chi connectivity index (χ3v) is 2.55. The molecule has 0 saturated carbocycles. The van der Waals surface area contributed by atoms with Crippen LogP contribution in [0.5, 0.6) is 5.75 Å². The number of hydrogen-bond acceptors (Lipinski definition) is 2. The Balaban J connectivity index is 2.83. The highest BCUT2D eigenvalue weighted by molar-refractivity contribution is 14.1. The summed E-state index contributed by atoms with van der Waals surface area (Å²) >= 11 is 7.45. The zero-order chi connectivity index (χ0) is 9.84. The van der Waals surface area contributed by atoms with Crippen LogP contribution in [0.15, 0.2) is 18.2 Å². The molecule has 0 heterocycles. The predicted octanol–water partition coefficient (Wildman–Crippen LogP) is 2.35. The summed E-state index contributed by atoms with van der Waals surface area (Å²) in [5, 5.41) is 9.44. The maximum absolute atomic E-state index is 11.0. The number of carbonyl (C=O) groups is 1. The number of hydrogen-bond donors (Lipinski definition) is 1. The summed E-state index contributed by atoms with van der Waals surface area (Å²) in [4.78, 5) is 11.0. The summed E-state index contributed by atoms with van der Waals surface area (Å²) < 4.78 is 0.942. The van der Waals surface area contributed by atoms with E-state index in [1.165, 1.54) is 0 Å². The lowest BCUT2D eigenvalue weighted by atomic mass is 10.1. The number of rotatable bonds is 3. The van der Waals surface area contributed by atoms with E-state index in [0.29, 0.717) is 5.56 Å². The van der Waals surface area contributed by atoms with Gasteiger partial charge in [-0.15, -0.1) is 11.6 Å². The number of ketones is 1. The fourth-order valence-electron chi connectivity index (χ4n) is 0.946. The summed E-state index contributed by atoms with van der Waals surface area (Å²) in [6.45, 7) is 0. The molecule has 0 saturated heterocycles. The van der Waals surface area contributed by atoms with Gasteiger partial charge in [0.05, 0.1) is 5.88 Å². The van der Waals surface area contributed by atoms with Gasteiger partial charge < -0.3 is 5.11 Å². The number of Topliss-reactive ketones (excluding diaryl/α,β-unsaturated/α-hetero) is 1. The van der Waals surface area contributed by atoms with Crippen molar-refractivity contribution in [1.82, 2.24) is 0 Å². The van der Waals surface area contributed by atoms with Crippen molar-refractivity contribution < 1.29 is 9.90 Å². The van der Waals surface area contributed by atoms with Gasteiger partial charge in [0.15, 0.2) is 5.78 Å². The number of benzene rings is 1. The fraction of sp³-hybridized carbons (Fsp3) is 0.222. The van der Waals surface area contributed by atoms with E-state index in [-0.39, 0.29) is 23.8 Å². The molecule has 0 radical (unpaired) electrons. The van der Waals surface area contributed by atoms with Gasteiger partial charge >= 0.3 is 0 Å². The lowest BCUT2D eigenvalue weighted by Crippen LogP contribution is -2.03. The van der Waals surface area contributed by atoms with E-state index in [9.17, 15) is 9.90 Å². The second kappa shape index (κ2) is 4.81. The first-order valence-corrected chi connectivity index (χ1v) is 5.30. The Morgan fingerprint density at radius 3 is 2.77 bits per heavy atom. The van der Waals surface area contributed by atoms with Crippen LogP contribution in [0.25, 0.3) is 0 Å². The standard InChI is InChI=1S/C9H8ClIO2/c10-5-8(12)3-6-1-2-7(11)4-9(6)13/h1-2,4,13H,3,5H2. The van der Waals surface area contributed by atoms with Gasteiger partial charge in [-0.25, -0.2) is 0 Å². The first-order chi connectivity index (χ1) is 6.13. The molecule has 1 aromatic rings. The summed E-state index contributed by atoms with van der Waals surface area (Å²) in [6, 6.07) is 5.20. The lowest BCUT2D eigenvalue weighted by molar-refractivity contribution is -0.116. The maximum atomic E-state index is 11.0. The van der Waals surface area contributed by atoms with Crippen molar-refractivity contribution in [2.75, 3.05) is 5.88 Å². The summed E-state index contributed by atoms with van der Waals surface area (Å²) in [5.74, 6) is 0.0642. The number of carbonyl (C=O) groups excluding carboxylic acids is 1. The quantitative estimate of drug-likeness (QED) is 0.687. The molecular formula is C9H8ClIO2. The normalized spacial score (nSPS) is 10.0. The van der Waals surface area contributed by atoms with E-state index < -0.39 is 0 Å². The molecule has 0 aliphatic heterocycles. The molecule has 0 unspecified atom stereocenters. The lowest BCUT2D eigenvalue weighted by Gasteiger charge is -2.02. The summed E-state index contributed by atoms with van der Waals surface area (Å²) in [7, 11) is 0. The zero-order valence-electron chi connectivity index (χ0n) is 6.76. The average molecular weight is 311 g/mol. The van der Waals surface area contributed by atoms with Crippen molar-refractivity contribution >= 4 is 40.0 Å². The molecule has 0 bridgehead atoms. The van der Waals surface area contributed by atoms with Gasteiger partial charge in [0, 0.05) is 15.6 Å². The average Bonchev–Trinajstić information content (AvgIpc) is 2.09. The van der Waals surface area contributed by atoms with Crippen LogP contribution in [-0.4, -0.2) is 16.8 Å². The smallest absolute Gasteiger partial charge is 0.152 e. The third-order valence-electron chi connectivity index (χ3n) is 1.58. The largest absolute Gasteiger partial charge is 0.508 e. The molecule has 0 aliphatic carbocycles. The van der Waals surface area contributed by atoms with Crippen molar-refractivity contribution in [3.63, 3.8) is 0 Å². The highest BCUT2D eigenvalue weighted by Crippen LogP contribution is 2.20. The molecule has 13 heavy (non-hydrogen) atoms. The molecule has 2 nitrogen and oxygen atoms in total. The van der Waals surface area contributed by atoms with Crippen LogP contribution in [0.1, 0.15) is 5.56 Å². The molecule has 4 heteroatoms. The van der Waals surface area contributed by atoms with Crippen molar-refractivity contribution in [2.45, 2.75) is 6.42 Å². The van der Waals surface area contributed by atoms with Crippen molar-refractivity contribution in [2.24, 2.45) is 0 Å². The maximum Gasteiger partial charge on any atom is 0.152 e. The van der Waals surface area contributed by atoms with Crippen LogP contribution in [0.2, 0.25) is 0 Å². The Hall–Kier alpha value is -0.290. The van der Waals surface area contributed by atoms with Crippen LogP contribution in [0, 0.1) is 3.57 Å². The van der Waals surface area contributed by atoms with E-state index in [1.54, 1.807) is 12.1 Å². The van der Waals surface area contributed by atoms with E-state index in [0.717, 1.165) is 3.57 Å². The first kappa shape index (κ1) is 10.8. The number of halogens is 2.